The first-order valence-corrected chi connectivity index (χ1v) is 5.82. The van der Waals surface area contributed by atoms with Crippen LogP contribution in [0.25, 0.3) is 0 Å². The zero-order chi connectivity index (χ0) is 12.0. The van der Waals surface area contributed by atoms with E-state index in [1.807, 2.05) is 30.3 Å². The summed E-state index contributed by atoms with van der Waals surface area (Å²) in [5, 5.41) is 19.0. The molecule has 0 heterocycles. The normalized spacial score (nSPS) is 15.1. The number of hydrogen-bond donors (Lipinski definition) is 2. The van der Waals surface area contributed by atoms with Gasteiger partial charge in [0.15, 0.2) is 0 Å². The monoisotopic (exact) mass is 223 g/mol. The van der Waals surface area contributed by atoms with Gasteiger partial charge in [0.2, 0.25) is 0 Å². The van der Waals surface area contributed by atoms with Gasteiger partial charge in [-0.25, -0.2) is 0 Å². The smallest absolute Gasteiger partial charge is 0.0967 e. The quantitative estimate of drug-likeness (QED) is 0.766. The van der Waals surface area contributed by atoms with Crippen LogP contribution >= 0.6 is 0 Å². The van der Waals surface area contributed by atoms with Crippen LogP contribution in [0.15, 0.2) is 30.3 Å². The minimum Gasteiger partial charge on any atom is -0.394 e. The lowest BCUT2D eigenvalue weighted by atomic mass is 10.00. The summed E-state index contributed by atoms with van der Waals surface area (Å²) in [6, 6.07) is 9.71. The van der Waals surface area contributed by atoms with Crippen LogP contribution < -0.4 is 0 Å². The van der Waals surface area contributed by atoms with E-state index in [1.54, 1.807) is 0 Å². The second-order valence-electron chi connectivity index (χ2n) is 3.83. The van der Waals surface area contributed by atoms with E-state index < -0.39 is 6.10 Å². The summed E-state index contributed by atoms with van der Waals surface area (Å²) in [5.74, 6) is 0. The molecule has 0 fully saturated rings. The number of likely N-dealkylation sites (N-methyl/N-ethyl adjacent to an activating group) is 1. The van der Waals surface area contributed by atoms with Gasteiger partial charge in [-0.05, 0) is 18.7 Å². The average molecular weight is 223 g/mol. The molecule has 1 aromatic carbocycles. The molecule has 0 aliphatic heterocycles. The fourth-order valence-electron chi connectivity index (χ4n) is 2.04. The van der Waals surface area contributed by atoms with Crippen LogP contribution in [-0.4, -0.2) is 40.9 Å². The molecule has 3 heteroatoms. The number of aliphatic hydroxyl groups is 2. The lowest BCUT2D eigenvalue weighted by Gasteiger charge is -2.33. The van der Waals surface area contributed by atoms with Crippen LogP contribution in [0.4, 0.5) is 0 Å². The van der Waals surface area contributed by atoms with Crippen LogP contribution in [0.1, 0.15) is 25.5 Å². The topological polar surface area (TPSA) is 43.7 Å². The van der Waals surface area contributed by atoms with E-state index in [2.05, 4.69) is 18.7 Å². The van der Waals surface area contributed by atoms with Gasteiger partial charge in [-0.2, -0.15) is 0 Å². The molecule has 1 rings (SSSR count). The molecule has 1 aromatic rings. The molecular formula is C13H21NO2. The van der Waals surface area contributed by atoms with E-state index in [-0.39, 0.29) is 12.6 Å². The van der Waals surface area contributed by atoms with Gasteiger partial charge >= 0.3 is 0 Å². The van der Waals surface area contributed by atoms with Crippen LogP contribution in [0, 0.1) is 0 Å². The Kier molecular flexibility index (Phi) is 5.46. The molecule has 0 amide bonds. The second-order valence-corrected chi connectivity index (χ2v) is 3.83. The van der Waals surface area contributed by atoms with Crippen molar-refractivity contribution < 1.29 is 10.2 Å². The first-order valence-electron chi connectivity index (χ1n) is 5.82. The van der Waals surface area contributed by atoms with Crippen molar-refractivity contribution in [2.75, 3.05) is 19.7 Å². The van der Waals surface area contributed by atoms with Crippen molar-refractivity contribution in [3.05, 3.63) is 35.9 Å². The SMILES string of the molecule is CCN(CC)[C@H](c1ccccc1)[C@@H](O)CO. The van der Waals surface area contributed by atoms with Gasteiger partial charge in [0.05, 0.1) is 18.8 Å². The lowest BCUT2D eigenvalue weighted by Crippen LogP contribution is -2.38. The Bertz CT molecular complexity index is 285. The van der Waals surface area contributed by atoms with Crippen molar-refractivity contribution in [2.45, 2.75) is 26.0 Å². The zero-order valence-corrected chi connectivity index (χ0v) is 10.0. The van der Waals surface area contributed by atoms with Crippen molar-refractivity contribution in [2.24, 2.45) is 0 Å². The molecule has 0 radical (unpaired) electrons. The molecule has 90 valence electrons. The molecule has 0 saturated carbocycles. The van der Waals surface area contributed by atoms with Crippen molar-refractivity contribution in [3.8, 4) is 0 Å². The van der Waals surface area contributed by atoms with Gasteiger partial charge in [0.25, 0.3) is 0 Å². The molecule has 0 aromatic heterocycles. The van der Waals surface area contributed by atoms with Gasteiger partial charge in [-0.15, -0.1) is 0 Å². The number of rotatable bonds is 6. The molecule has 3 nitrogen and oxygen atoms in total. The molecule has 0 unspecified atom stereocenters. The molecule has 2 atom stereocenters. The Morgan fingerprint density at radius 1 is 1.12 bits per heavy atom. The Hall–Kier alpha value is -0.900. The minimum atomic E-state index is -0.734. The maximum atomic E-state index is 9.91. The van der Waals surface area contributed by atoms with E-state index in [0.29, 0.717) is 0 Å². The summed E-state index contributed by atoms with van der Waals surface area (Å²) >= 11 is 0. The maximum absolute atomic E-state index is 9.91. The Morgan fingerprint density at radius 2 is 1.69 bits per heavy atom. The molecule has 0 bridgehead atoms. The molecule has 2 N–H and O–H groups in total. The summed E-state index contributed by atoms with van der Waals surface area (Å²) in [6.07, 6.45) is -0.734. The van der Waals surface area contributed by atoms with E-state index in [1.165, 1.54) is 0 Å². The Labute approximate surface area is 97.3 Å². The highest BCUT2D eigenvalue weighted by molar-refractivity contribution is 5.20. The van der Waals surface area contributed by atoms with Gasteiger partial charge < -0.3 is 10.2 Å². The predicted octanol–water partition coefficient (Wildman–Crippen LogP) is 1.42. The molecule has 0 aliphatic carbocycles. The predicted molar refractivity (Wildman–Crippen MR) is 65.2 cm³/mol. The second kappa shape index (κ2) is 6.63. The standard InChI is InChI=1S/C13H21NO2/c1-3-14(4-2)13(12(16)10-15)11-8-6-5-7-9-11/h5-9,12-13,15-16H,3-4,10H2,1-2H3/t12-,13+/m0/s1. The molecular weight excluding hydrogens is 202 g/mol. The highest BCUT2D eigenvalue weighted by Gasteiger charge is 2.24. The van der Waals surface area contributed by atoms with Gasteiger partial charge in [0.1, 0.15) is 0 Å². The summed E-state index contributed by atoms with van der Waals surface area (Å²) in [7, 11) is 0. The summed E-state index contributed by atoms with van der Waals surface area (Å²) < 4.78 is 0. The van der Waals surface area contributed by atoms with Gasteiger partial charge in [-0.3, -0.25) is 4.90 Å². The fourth-order valence-corrected chi connectivity index (χ4v) is 2.04. The molecule has 16 heavy (non-hydrogen) atoms. The third kappa shape index (κ3) is 3.04. The zero-order valence-electron chi connectivity index (χ0n) is 10.0. The first kappa shape index (κ1) is 13.2. The number of nitrogens with zero attached hydrogens (tertiary/aromatic N) is 1. The van der Waals surface area contributed by atoms with Crippen molar-refractivity contribution in [1.82, 2.24) is 4.90 Å². The van der Waals surface area contributed by atoms with Crippen LogP contribution in [0.3, 0.4) is 0 Å². The van der Waals surface area contributed by atoms with E-state index >= 15 is 0 Å². The fraction of sp³-hybridized carbons (Fsp3) is 0.538. The number of aliphatic hydroxyl groups excluding tert-OH is 2. The van der Waals surface area contributed by atoms with Crippen molar-refractivity contribution in [1.29, 1.82) is 0 Å². The highest BCUT2D eigenvalue weighted by Crippen LogP contribution is 2.23. The lowest BCUT2D eigenvalue weighted by molar-refractivity contribution is 0.0132. The minimum absolute atomic E-state index is 0.124. The van der Waals surface area contributed by atoms with Crippen LogP contribution in [0.2, 0.25) is 0 Å². The third-order valence-corrected chi connectivity index (χ3v) is 2.90. The van der Waals surface area contributed by atoms with E-state index in [4.69, 9.17) is 5.11 Å². The number of hydrogen-bond acceptors (Lipinski definition) is 3. The number of benzene rings is 1. The molecule has 0 saturated heterocycles. The molecule has 0 spiro atoms. The Morgan fingerprint density at radius 3 is 2.12 bits per heavy atom. The molecule has 0 aliphatic rings. The van der Waals surface area contributed by atoms with Crippen molar-refractivity contribution >= 4 is 0 Å². The summed E-state index contributed by atoms with van der Waals surface area (Å²) in [5.41, 5.74) is 1.05. The van der Waals surface area contributed by atoms with Gasteiger partial charge in [-0.1, -0.05) is 44.2 Å². The van der Waals surface area contributed by atoms with E-state index in [0.717, 1.165) is 18.7 Å². The average Bonchev–Trinajstić information content (AvgIpc) is 2.36. The first-order chi connectivity index (χ1) is 7.74. The highest BCUT2D eigenvalue weighted by atomic mass is 16.3. The van der Waals surface area contributed by atoms with Gasteiger partial charge in [0, 0.05) is 0 Å². The largest absolute Gasteiger partial charge is 0.394 e. The summed E-state index contributed by atoms with van der Waals surface area (Å²) in [6.45, 7) is 5.61. The third-order valence-electron chi connectivity index (χ3n) is 2.90. The summed E-state index contributed by atoms with van der Waals surface area (Å²) in [4.78, 5) is 2.15. The van der Waals surface area contributed by atoms with Crippen LogP contribution in [-0.2, 0) is 0 Å². The van der Waals surface area contributed by atoms with Crippen LogP contribution in [0.5, 0.6) is 0 Å². The Balaban J connectivity index is 2.95. The van der Waals surface area contributed by atoms with Crippen molar-refractivity contribution in [3.63, 3.8) is 0 Å². The van der Waals surface area contributed by atoms with E-state index in [9.17, 15) is 5.11 Å². The maximum Gasteiger partial charge on any atom is 0.0967 e.